The average Bonchev–Trinajstić information content (AvgIpc) is 2.70. The Labute approximate surface area is 163 Å². The summed E-state index contributed by atoms with van der Waals surface area (Å²) >= 11 is 0. The van der Waals surface area contributed by atoms with Crippen LogP contribution in [-0.2, 0) is 17.6 Å². The van der Waals surface area contributed by atoms with E-state index >= 15 is 0 Å². The number of aryl methyl sites for hydroxylation is 1. The summed E-state index contributed by atoms with van der Waals surface area (Å²) in [4.78, 5) is 23.2. The first-order valence-electron chi connectivity index (χ1n) is 9.03. The number of Topliss-reactive ketones (excluding diaryl/α,β-unsaturated/α-hetero) is 1. The highest BCUT2D eigenvalue weighted by Crippen LogP contribution is 2.28. The first kappa shape index (κ1) is 21.3. The zero-order valence-corrected chi connectivity index (χ0v) is 16.0. The van der Waals surface area contributed by atoms with E-state index in [4.69, 9.17) is 9.47 Å². The third-order valence-electron chi connectivity index (χ3n) is 4.58. The molecule has 1 atom stereocenters. The molecule has 0 bridgehead atoms. The van der Waals surface area contributed by atoms with Gasteiger partial charge >= 0.3 is 0 Å². The van der Waals surface area contributed by atoms with Gasteiger partial charge in [0.1, 0.15) is 11.6 Å². The predicted octanol–water partition coefficient (Wildman–Crippen LogP) is 4.01. The van der Waals surface area contributed by atoms with Gasteiger partial charge in [0.05, 0.1) is 14.2 Å². The van der Waals surface area contributed by atoms with Crippen molar-refractivity contribution in [3.05, 3.63) is 69.5 Å². The second-order valence-corrected chi connectivity index (χ2v) is 6.54. The number of nitro groups is 1. The summed E-state index contributed by atoms with van der Waals surface area (Å²) in [6.45, 7) is 0. The summed E-state index contributed by atoms with van der Waals surface area (Å²) < 4.78 is 23.3. The van der Waals surface area contributed by atoms with Gasteiger partial charge in [-0.05, 0) is 41.8 Å². The monoisotopic (exact) mass is 389 g/mol. The molecule has 0 aliphatic heterocycles. The average molecular weight is 389 g/mol. The summed E-state index contributed by atoms with van der Waals surface area (Å²) in [5, 5.41) is 11.4. The van der Waals surface area contributed by atoms with Gasteiger partial charge in [-0.15, -0.1) is 0 Å². The summed E-state index contributed by atoms with van der Waals surface area (Å²) in [5.74, 6) is 0.708. The van der Waals surface area contributed by atoms with Crippen molar-refractivity contribution in [2.24, 2.45) is 0 Å². The Morgan fingerprint density at radius 1 is 1.04 bits per heavy atom. The minimum Gasteiger partial charge on any atom is -0.493 e. The number of benzene rings is 2. The smallest absolute Gasteiger partial charge is 0.217 e. The van der Waals surface area contributed by atoms with Gasteiger partial charge in [0.2, 0.25) is 6.04 Å². The first-order valence-corrected chi connectivity index (χ1v) is 9.03. The number of carbonyl (C=O) groups is 1. The Morgan fingerprint density at radius 2 is 1.68 bits per heavy atom. The van der Waals surface area contributed by atoms with Crippen LogP contribution in [0.4, 0.5) is 4.39 Å². The molecular weight excluding hydrogens is 365 g/mol. The number of ether oxygens (including phenoxy) is 2. The number of rotatable bonds is 11. The Balaban J connectivity index is 1.89. The van der Waals surface area contributed by atoms with E-state index in [1.54, 1.807) is 30.3 Å². The standard InChI is InChI=1S/C21H24FNO5/c1-27-20-12-6-16(14-21(20)28-2)13-18(23(25)26)9-11-19(24)10-5-15-3-7-17(22)8-4-15/h3-4,6-8,12,14,18H,5,9-11,13H2,1-2H3. The highest BCUT2D eigenvalue weighted by molar-refractivity contribution is 5.78. The Kier molecular flexibility index (Phi) is 7.92. The van der Waals surface area contributed by atoms with Crippen LogP contribution in [-0.4, -0.2) is 31.0 Å². The number of hydrogen-bond donors (Lipinski definition) is 0. The van der Waals surface area contributed by atoms with Gasteiger partial charge in [-0.2, -0.15) is 0 Å². The van der Waals surface area contributed by atoms with Gasteiger partial charge in [-0.25, -0.2) is 4.39 Å². The van der Waals surface area contributed by atoms with Crippen molar-refractivity contribution in [2.75, 3.05) is 14.2 Å². The third kappa shape index (κ3) is 6.33. The normalized spacial score (nSPS) is 11.7. The Bertz CT molecular complexity index is 807. The van der Waals surface area contributed by atoms with Gasteiger partial charge in [0, 0.05) is 30.6 Å². The molecule has 0 saturated heterocycles. The second-order valence-electron chi connectivity index (χ2n) is 6.54. The van der Waals surface area contributed by atoms with Crippen LogP contribution in [0.3, 0.4) is 0 Å². The number of carbonyl (C=O) groups excluding carboxylic acids is 1. The minimum absolute atomic E-state index is 0.0384. The van der Waals surface area contributed by atoms with Crippen LogP contribution in [0, 0.1) is 15.9 Å². The first-order chi connectivity index (χ1) is 13.4. The summed E-state index contributed by atoms with van der Waals surface area (Å²) in [7, 11) is 3.03. The zero-order chi connectivity index (χ0) is 20.5. The van der Waals surface area contributed by atoms with Crippen LogP contribution >= 0.6 is 0 Å². The molecule has 150 valence electrons. The quantitative estimate of drug-likeness (QED) is 0.429. The molecule has 0 saturated carbocycles. The lowest BCUT2D eigenvalue weighted by Gasteiger charge is -2.12. The molecule has 0 N–H and O–H groups in total. The van der Waals surface area contributed by atoms with Gasteiger partial charge in [0.15, 0.2) is 11.5 Å². The van der Waals surface area contributed by atoms with Gasteiger partial charge in [-0.1, -0.05) is 18.2 Å². The van der Waals surface area contributed by atoms with E-state index in [2.05, 4.69) is 0 Å². The molecule has 0 spiro atoms. The van der Waals surface area contributed by atoms with E-state index in [1.165, 1.54) is 26.4 Å². The van der Waals surface area contributed by atoms with E-state index in [0.717, 1.165) is 11.1 Å². The molecule has 1 unspecified atom stereocenters. The van der Waals surface area contributed by atoms with E-state index < -0.39 is 6.04 Å². The van der Waals surface area contributed by atoms with Crippen molar-refractivity contribution >= 4 is 5.78 Å². The summed E-state index contributed by atoms with van der Waals surface area (Å²) in [6, 6.07) is 10.3. The van der Waals surface area contributed by atoms with Gasteiger partial charge in [0.25, 0.3) is 0 Å². The lowest BCUT2D eigenvalue weighted by Crippen LogP contribution is -2.23. The number of nitrogens with zero attached hydrogens (tertiary/aromatic N) is 1. The molecule has 0 heterocycles. The maximum Gasteiger partial charge on any atom is 0.217 e. The molecule has 0 radical (unpaired) electrons. The zero-order valence-electron chi connectivity index (χ0n) is 16.0. The van der Waals surface area contributed by atoms with Crippen molar-refractivity contribution in [2.45, 2.75) is 38.1 Å². The Hall–Kier alpha value is -2.96. The van der Waals surface area contributed by atoms with Crippen LogP contribution < -0.4 is 9.47 Å². The maximum atomic E-state index is 12.9. The van der Waals surface area contributed by atoms with Gasteiger partial charge in [-0.3, -0.25) is 14.9 Å². The molecule has 2 rings (SSSR count). The van der Waals surface area contributed by atoms with E-state index in [0.29, 0.717) is 17.9 Å². The number of hydrogen-bond acceptors (Lipinski definition) is 5. The van der Waals surface area contributed by atoms with Crippen molar-refractivity contribution in [3.63, 3.8) is 0 Å². The van der Waals surface area contributed by atoms with Crippen LogP contribution in [0.15, 0.2) is 42.5 Å². The largest absolute Gasteiger partial charge is 0.493 e. The predicted molar refractivity (Wildman–Crippen MR) is 103 cm³/mol. The van der Waals surface area contributed by atoms with Crippen molar-refractivity contribution < 1.29 is 23.6 Å². The molecule has 0 aliphatic carbocycles. The molecule has 7 heteroatoms. The van der Waals surface area contributed by atoms with Gasteiger partial charge < -0.3 is 9.47 Å². The number of ketones is 1. The number of halogens is 1. The molecule has 0 aliphatic rings. The molecule has 0 amide bonds. The second kappa shape index (κ2) is 10.4. The fourth-order valence-corrected chi connectivity index (χ4v) is 2.95. The van der Waals surface area contributed by atoms with Crippen molar-refractivity contribution in [1.29, 1.82) is 0 Å². The van der Waals surface area contributed by atoms with Crippen LogP contribution in [0.1, 0.15) is 30.4 Å². The lowest BCUT2D eigenvalue weighted by molar-refractivity contribution is -0.522. The highest BCUT2D eigenvalue weighted by atomic mass is 19.1. The topological polar surface area (TPSA) is 78.7 Å². The summed E-state index contributed by atoms with van der Waals surface area (Å²) in [5.41, 5.74) is 1.61. The molecule has 0 fully saturated rings. The SMILES string of the molecule is COc1ccc(CC(CCC(=O)CCc2ccc(F)cc2)[N+](=O)[O-])cc1OC. The molecule has 6 nitrogen and oxygen atoms in total. The van der Waals surface area contributed by atoms with E-state index in [-0.39, 0.29) is 42.2 Å². The van der Waals surface area contributed by atoms with Crippen LogP contribution in [0.25, 0.3) is 0 Å². The molecular formula is C21H24FNO5. The fourth-order valence-electron chi connectivity index (χ4n) is 2.95. The molecule has 2 aromatic rings. The number of methoxy groups -OCH3 is 2. The molecule has 28 heavy (non-hydrogen) atoms. The fraction of sp³-hybridized carbons (Fsp3) is 0.381. The van der Waals surface area contributed by atoms with Crippen LogP contribution in [0.5, 0.6) is 11.5 Å². The minimum atomic E-state index is -0.854. The van der Waals surface area contributed by atoms with Crippen molar-refractivity contribution in [3.8, 4) is 11.5 Å². The Morgan fingerprint density at radius 3 is 2.29 bits per heavy atom. The molecule has 2 aromatic carbocycles. The van der Waals surface area contributed by atoms with E-state index in [1.807, 2.05) is 0 Å². The lowest BCUT2D eigenvalue weighted by atomic mass is 9.98. The maximum absolute atomic E-state index is 12.9. The van der Waals surface area contributed by atoms with Crippen LogP contribution in [0.2, 0.25) is 0 Å². The van der Waals surface area contributed by atoms with E-state index in [9.17, 15) is 19.3 Å². The summed E-state index contributed by atoms with van der Waals surface area (Å²) in [6.07, 6.45) is 1.30. The van der Waals surface area contributed by atoms with Crippen molar-refractivity contribution in [1.82, 2.24) is 0 Å². The molecule has 0 aromatic heterocycles. The third-order valence-corrected chi connectivity index (χ3v) is 4.58. The highest BCUT2D eigenvalue weighted by Gasteiger charge is 2.22.